The molecule has 1 aromatic rings. The maximum atomic E-state index is 6.06. The third-order valence-electron chi connectivity index (χ3n) is 2.33. The summed E-state index contributed by atoms with van der Waals surface area (Å²) in [5.41, 5.74) is 7.36. The summed E-state index contributed by atoms with van der Waals surface area (Å²) in [5, 5.41) is 0. The molecule has 1 aromatic carbocycles. The van der Waals surface area contributed by atoms with E-state index in [1.807, 2.05) is 6.07 Å². The van der Waals surface area contributed by atoms with Crippen LogP contribution in [0.2, 0.25) is 0 Å². The molecular weight excluding hydrogens is 252 g/mol. The van der Waals surface area contributed by atoms with E-state index in [-0.39, 0.29) is 6.04 Å². The molecule has 0 bridgehead atoms. The van der Waals surface area contributed by atoms with Gasteiger partial charge in [0, 0.05) is 10.5 Å². The molecule has 0 amide bonds. The van der Waals surface area contributed by atoms with E-state index in [2.05, 4.69) is 53.1 Å². The molecule has 0 fully saturated rings. The minimum absolute atomic E-state index is 0.252. The van der Waals surface area contributed by atoms with E-state index in [9.17, 15) is 0 Å². The predicted octanol–water partition coefficient (Wildman–Crippen LogP) is 2.27. The van der Waals surface area contributed by atoms with Crippen LogP contribution in [0, 0.1) is 0 Å². The molecule has 2 nitrogen and oxygen atoms in total. The second kappa shape index (κ2) is 6.26. The first-order valence-electron chi connectivity index (χ1n) is 5.22. The highest BCUT2D eigenvalue weighted by Crippen LogP contribution is 2.13. The Bertz CT molecular complexity index is 299. The number of nitrogens with two attached hydrogens (primary N) is 1. The van der Waals surface area contributed by atoms with Gasteiger partial charge in [0.1, 0.15) is 0 Å². The minimum atomic E-state index is 0.252. The standard InChI is InChI=1S/C12H19BrN2/c1-15(2)7-6-12(14)9-10-4-3-5-11(13)8-10/h3-5,8,12H,6-7,9,14H2,1-2H3. The molecule has 0 aromatic heterocycles. The highest BCUT2D eigenvalue weighted by atomic mass is 79.9. The Labute approximate surface area is 101 Å². The average molecular weight is 271 g/mol. The van der Waals surface area contributed by atoms with Crippen molar-refractivity contribution in [2.45, 2.75) is 18.9 Å². The number of hydrogen-bond acceptors (Lipinski definition) is 2. The van der Waals surface area contributed by atoms with Gasteiger partial charge in [-0.15, -0.1) is 0 Å². The topological polar surface area (TPSA) is 29.3 Å². The van der Waals surface area contributed by atoms with Gasteiger partial charge in [-0.05, 0) is 51.2 Å². The fourth-order valence-electron chi connectivity index (χ4n) is 1.49. The van der Waals surface area contributed by atoms with Gasteiger partial charge in [0.15, 0.2) is 0 Å². The minimum Gasteiger partial charge on any atom is -0.327 e. The molecule has 0 aliphatic heterocycles. The Kier molecular flexibility index (Phi) is 5.29. The Hall–Kier alpha value is -0.380. The third-order valence-corrected chi connectivity index (χ3v) is 2.83. The Morgan fingerprint density at radius 3 is 2.73 bits per heavy atom. The molecule has 3 heteroatoms. The first-order valence-corrected chi connectivity index (χ1v) is 6.02. The molecule has 0 aliphatic rings. The lowest BCUT2D eigenvalue weighted by Crippen LogP contribution is -2.28. The third kappa shape index (κ3) is 5.30. The maximum Gasteiger partial charge on any atom is 0.0178 e. The van der Waals surface area contributed by atoms with E-state index < -0.39 is 0 Å². The lowest BCUT2D eigenvalue weighted by molar-refractivity contribution is 0.379. The van der Waals surface area contributed by atoms with E-state index in [0.29, 0.717) is 0 Å². The van der Waals surface area contributed by atoms with E-state index in [0.717, 1.165) is 23.9 Å². The lowest BCUT2D eigenvalue weighted by Gasteiger charge is -2.15. The highest BCUT2D eigenvalue weighted by Gasteiger charge is 2.04. The monoisotopic (exact) mass is 270 g/mol. The van der Waals surface area contributed by atoms with Crippen molar-refractivity contribution in [3.8, 4) is 0 Å². The van der Waals surface area contributed by atoms with Crippen molar-refractivity contribution in [2.75, 3.05) is 20.6 Å². The van der Waals surface area contributed by atoms with Crippen LogP contribution in [-0.4, -0.2) is 31.6 Å². The van der Waals surface area contributed by atoms with Crippen LogP contribution >= 0.6 is 15.9 Å². The predicted molar refractivity (Wildman–Crippen MR) is 69.0 cm³/mol. The van der Waals surface area contributed by atoms with Gasteiger partial charge < -0.3 is 10.6 Å². The van der Waals surface area contributed by atoms with Crippen molar-refractivity contribution in [3.63, 3.8) is 0 Å². The molecule has 15 heavy (non-hydrogen) atoms. The van der Waals surface area contributed by atoms with Gasteiger partial charge in [-0.3, -0.25) is 0 Å². The summed E-state index contributed by atoms with van der Waals surface area (Å²) in [6.07, 6.45) is 1.99. The van der Waals surface area contributed by atoms with E-state index in [4.69, 9.17) is 5.73 Å². The fourth-order valence-corrected chi connectivity index (χ4v) is 1.94. The summed E-state index contributed by atoms with van der Waals surface area (Å²) in [5.74, 6) is 0. The molecule has 0 spiro atoms. The van der Waals surface area contributed by atoms with Crippen LogP contribution in [0.15, 0.2) is 28.7 Å². The largest absolute Gasteiger partial charge is 0.327 e. The van der Waals surface area contributed by atoms with Crippen molar-refractivity contribution >= 4 is 15.9 Å². The molecule has 0 radical (unpaired) electrons. The van der Waals surface area contributed by atoms with Crippen molar-refractivity contribution < 1.29 is 0 Å². The summed E-state index contributed by atoms with van der Waals surface area (Å²) in [4.78, 5) is 2.17. The van der Waals surface area contributed by atoms with Crippen LogP contribution < -0.4 is 5.73 Å². The molecule has 2 N–H and O–H groups in total. The first-order chi connectivity index (χ1) is 7.08. The molecule has 1 rings (SSSR count). The smallest absolute Gasteiger partial charge is 0.0178 e. The molecule has 0 aliphatic carbocycles. The molecule has 1 atom stereocenters. The Morgan fingerprint density at radius 2 is 2.13 bits per heavy atom. The maximum absolute atomic E-state index is 6.06. The quantitative estimate of drug-likeness (QED) is 0.890. The van der Waals surface area contributed by atoms with Crippen molar-refractivity contribution in [1.29, 1.82) is 0 Å². The van der Waals surface area contributed by atoms with Crippen LogP contribution in [0.5, 0.6) is 0 Å². The molecule has 0 saturated carbocycles. The molecule has 1 unspecified atom stereocenters. The van der Waals surface area contributed by atoms with Gasteiger partial charge in [-0.25, -0.2) is 0 Å². The molecule has 0 heterocycles. The Balaban J connectivity index is 2.40. The van der Waals surface area contributed by atoms with Gasteiger partial charge in [-0.2, -0.15) is 0 Å². The molecule has 84 valence electrons. The average Bonchev–Trinajstić information content (AvgIpc) is 2.15. The second-order valence-electron chi connectivity index (χ2n) is 4.19. The summed E-state index contributed by atoms with van der Waals surface area (Å²) >= 11 is 3.47. The zero-order chi connectivity index (χ0) is 11.3. The van der Waals surface area contributed by atoms with Gasteiger partial charge in [0.25, 0.3) is 0 Å². The molecular formula is C12H19BrN2. The van der Waals surface area contributed by atoms with Gasteiger partial charge in [-0.1, -0.05) is 28.1 Å². The van der Waals surface area contributed by atoms with Crippen LogP contribution in [0.3, 0.4) is 0 Å². The van der Waals surface area contributed by atoms with Crippen molar-refractivity contribution in [2.24, 2.45) is 5.73 Å². The zero-order valence-corrected chi connectivity index (χ0v) is 11.0. The van der Waals surface area contributed by atoms with Crippen molar-refractivity contribution in [1.82, 2.24) is 4.90 Å². The summed E-state index contributed by atoms with van der Waals surface area (Å²) in [7, 11) is 4.15. The summed E-state index contributed by atoms with van der Waals surface area (Å²) < 4.78 is 1.12. The summed E-state index contributed by atoms with van der Waals surface area (Å²) in [6.45, 7) is 1.05. The van der Waals surface area contributed by atoms with Gasteiger partial charge in [0.2, 0.25) is 0 Å². The van der Waals surface area contributed by atoms with Crippen LogP contribution in [0.4, 0.5) is 0 Å². The SMILES string of the molecule is CN(C)CCC(N)Cc1cccc(Br)c1. The fraction of sp³-hybridized carbons (Fsp3) is 0.500. The van der Waals surface area contributed by atoms with Crippen molar-refractivity contribution in [3.05, 3.63) is 34.3 Å². The normalized spacial score (nSPS) is 13.1. The van der Waals surface area contributed by atoms with Crippen LogP contribution in [0.25, 0.3) is 0 Å². The number of hydrogen-bond donors (Lipinski definition) is 1. The van der Waals surface area contributed by atoms with E-state index in [1.165, 1.54) is 5.56 Å². The zero-order valence-electron chi connectivity index (χ0n) is 9.41. The Morgan fingerprint density at radius 1 is 1.40 bits per heavy atom. The second-order valence-corrected chi connectivity index (χ2v) is 5.10. The van der Waals surface area contributed by atoms with E-state index >= 15 is 0 Å². The highest BCUT2D eigenvalue weighted by molar-refractivity contribution is 9.10. The summed E-state index contributed by atoms with van der Waals surface area (Å²) in [6, 6.07) is 8.60. The number of rotatable bonds is 5. The van der Waals surface area contributed by atoms with Crippen LogP contribution in [0.1, 0.15) is 12.0 Å². The number of benzene rings is 1. The lowest BCUT2D eigenvalue weighted by atomic mass is 10.0. The van der Waals surface area contributed by atoms with Crippen LogP contribution in [-0.2, 0) is 6.42 Å². The van der Waals surface area contributed by atoms with E-state index in [1.54, 1.807) is 0 Å². The van der Waals surface area contributed by atoms with Gasteiger partial charge in [0.05, 0.1) is 0 Å². The number of halogens is 1. The van der Waals surface area contributed by atoms with Gasteiger partial charge >= 0.3 is 0 Å². The number of nitrogens with zero attached hydrogens (tertiary/aromatic N) is 1. The molecule has 0 saturated heterocycles. The first kappa shape index (κ1) is 12.7.